The maximum atomic E-state index is 10.8. The van der Waals surface area contributed by atoms with Gasteiger partial charge in [0.2, 0.25) is 0 Å². The fourth-order valence-electron chi connectivity index (χ4n) is 1.45. The van der Waals surface area contributed by atoms with E-state index >= 15 is 0 Å². The third-order valence-corrected chi connectivity index (χ3v) is 3.23. The molecule has 3 N–H and O–H groups in total. The standard InChI is InChI=1S/C13H9BrClNO3/c14-9-6-8(15)2-4-11(9)19-12-3-1-7(13(17)18)5-10(12)16/h1-6H,16H2,(H,17,18). The van der Waals surface area contributed by atoms with E-state index < -0.39 is 5.97 Å². The summed E-state index contributed by atoms with van der Waals surface area (Å²) in [4.78, 5) is 10.8. The number of halogens is 2. The molecular formula is C13H9BrClNO3. The van der Waals surface area contributed by atoms with Crippen molar-refractivity contribution in [2.75, 3.05) is 5.73 Å². The normalized spacial score (nSPS) is 10.2. The van der Waals surface area contributed by atoms with Gasteiger partial charge in [-0.1, -0.05) is 11.6 Å². The second kappa shape index (κ2) is 5.50. The van der Waals surface area contributed by atoms with Crippen molar-refractivity contribution in [3.63, 3.8) is 0 Å². The van der Waals surface area contributed by atoms with Crippen molar-refractivity contribution in [3.05, 3.63) is 51.5 Å². The van der Waals surface area contributed by atoms with Crippen LogP contribution in [0.15, 0.2) is 40.9 Å². The molecule has 19 heavy (non-hydrogen) atoms. The number of hydrogen-bond donors (Lipinski definition) is 2. The van der Waals surface area contributed by atoms with E-state index in [0.717, 1.165) is 0 Å². The highest BCUT2D eigenvalue weighted by atomic mass is 79.9. The Morgan fingerprint density at radius 2 is 1.89 bits per heavy atom. The molecule has 2 rings (SSSR count). The van der Waals surface area contributed by atoms with E-state index in [0.29, 0.717) is 21.0 Å². The topological polar surface area (TPSA) is 72.6 Å². The molecule has 0 radical (unpaired) electrons. The largest absolute Gasteiger partial charge is 0.478 e. The zero-order valence-corrected chi connectivity index (χ0v) is 11.9. The number of benzene rings is 2. The number of nitrogen functional groups attached to an aromatic ring is 1. The van der Waals surface area contributed by atoms with Crippen LogP contribution in [0.25, 0.3) is 0 Å². The van der Waals surface area contributed by atoms with Crippen LogP contribution in [0.5, 0.6) is 11.5 Å². The summed E-state index contributed by atoms with van der Waals surface area (Å²) in [5.74, 6) is -0.113. The summed E-state index contributed by atoms with van der Waals surface area (Å²) in [5.41, 5.74) is 6.12. The average Bonchev–Trinajstić information content (AvgIpc) is 2.34. The molecule has 0 aliphatic carbocycles. The fourth-order valence-corrected chi connectivity index (χ4v) is 2.21. The van der Waals surface area contributed by atoms with Crippen molar-refractivity contribution in [2.24, 2.45) is 0 Å². The molecule has 0 saturated carbocycles. The van der Waals surface area contributed by atoms with Crippen molar-refractivity contribution < 1.29 is 14.6 Å². The summed E-state index contributed by atoms with van der Waals surface area (Å²) in [6.07, 6.45) is 0. The first kappa shape index (κ1) is 13.7. The summed E-state index contributed by atoms with van der Waals surface area (Å²) in [6.45, 7) is 0. The molecule has 0 saturated heterocycles. The van der Waals surface area contributed by atoms with Gasteiger partial charge in [0.05, 0.1) is 15.7 Å². The van der Waals surface area contributed by atoms with E-state index in [9.17, 15) is 4.79 Å². The number of carbonyl (C=O) groups is 1. The predicted molar refractivity (Wildman–Crippen MR) is 77.0 cm³/mol. The van der Waals surface area contributed by atoms with E-state index in [1.165, 1.54) is 18.2 Å². The van der Waals surface area contributed by atoms with E-state index in [-0.39, 0.29) is 11.3 Å². The highest BCUT2D eigenvalue weighted by molar-refractivity contribution is 9.10. The van der Waals surface area contributed by atoms with Gasteiger partial charge in [-0.15, -0.1) is 0 Å². The summed E-state index contributed by atoms with van der Waals surface area (Å²) >= 11 is 9.15. The van der Waals surface area contributed by atoms with Crippen LogP contribution in [0, 0.1) is 0 Å². The number of ether oxygens (including phenoxy) is 1. The molecule has 0 amide bonds. The first-order chi connectivity index (χ1) is 8.97. The molecule has 0 unspecified atom stereocenters. The number of rotatable bonds is 3. The van der Waals surface area contributed by atoms with E-state index in [1.807, 2.05) is 0 Å². The third-order valence-electron chi connectivity index (χ3n) is 2.37. The van der Waals surface area contributed by atoms with Gasteiger partial charge in [0.25, 0.3) is 0 Å². The zero-order valence-electron chi connectivity index (χ0n) is 9.56. The van der Waals surface area contributed by atoms with E-state index in [4.69, 9.17) is 27.2 Å². The van der Waals surface area contributed by atoms with Crippen LogP contribution in [0.1, 0.15) is 10.4 Å². The molecule has 4 nitrogen and oxygen atoms in total. The van der Waals surface area contributed by atoms with Gasteiger partial charge < -0.3 is 15.6 Å². The molecule has 0 aromatic heterocycles. The molecule has 0 aliphatic rings. The van der Waals surface area contributed by atoms with Crippen LogP contribution >= 0.6 is 27.5 Å². The first-order valence-corrected chi connectivity index (χ1v) is 6.40. The second-order valence-electron chi connectivity index (χ2n) is 3.73. The number of anilines is 1. The van der Waals surface area contributed by atoms with Gasteiger partial charge in [0.1, 0.15) is 11.5 Å². The van der Waals surface area contributed by atoms with Gasteiger partial charge >= 0.3 is 5.97 Å². The maximum absolute atomic E-state index is 10.8. The van der Waals surface area contributed by atoms with Crippen LogP contribution in [0.3, 0.4) is 0 Å². The summed E-state index contributed by atoms with van der Waals surface area (Å²) in [6, 6.07) is 9.36. The van der Waals surface area contributed by atoms with Crippen LogP contribution < -0.4 is 10.5 Å². The molecule has 0 heterocycles. The van der Waals surface area contributed by atoms with Crippen LogP contribution in [-0.2, 0) is 0 Å². The molecule has 0 fully saturated rings. The van der Waals surface area contributed by atoms with Gasteiger partial charge in [0, 0.05) is 5.02 Å². The average molecular weight is 343 g/mol. The summed E-state index contributed by atoms with van der Waals surface area (Å²) in [7, 11) is 0. The Morgan fingerprint density at radius 3 is 2.47 bits per heavy atom. The van der Waals surface area contributed by atoms with Gasteiger partial charge in [-0.2, -0.15) is 0 Å². The predicted octanol–water partition coefficient (Wildman–Crippen LogP) is 4.18. The van der Waals surface area contributed by atoms with Crippen molar-refractivity contribution in [1.29, 1.82) is 0 Å². The molecule has 2 aromatic rings. The lowest BCUT2D eigenvalue weighted by Gasteiger charge is -2.10. The molecule has 0 aliphatic heterocycles. The lowest BCUT2D eigenvalue weighted by molar-refractivity contribution is 0.0697. The van der Waals surface area contributed by atoms with Crippen LogP contribution in [0.4, 0.5) is 5.69 Å². The number of carboxylic acids is 1. The quantitative estimate of drug-likeness (QED) is 0.821. The minimum atomic E-state index is -1.04. The van der Waals surface area contributed by atoms with Crippen LogP contribution in [-0.4, -0.2) is 11.1 Å². The minimum Gasteiger partial charge on any atom is -0.478 e. The van der Waals surface area contributed by atoms with Crippen LogP contribution in [0.2, 0.25) is 5.02 Å². The Balaban J connectivity index is 2.31. The molecule has 98 valence electrons. The van der Waals surface area contributed by atoms with Crippen molar-refractivity contribution in [2.45, 2.75) is 0 Å². The second-order valence-corrected chi connectivity index (χ2v) is 5.03. The number of aromatic carboxylic acids is 1. The number of hydrogen-bond acceptors (Lipinski definition) is 3. The Bertz CT molecular complexity index is 646. The Labute approximate surface area is 122 Å². The number of nitrogens with two attached hydrogens (primary N) is 1. The molecule has 0 bridgehead atoms. The highest BCUT2D eigenvalue weighted by Crippen LogP contribution is 2.34. The van der Waals surface area contributed by atoms with Crippen molar-refractivity contribution in [3.8, 4) is 11.5 Å². The molecule has 6 heteroatoms. The Hall–Kier alpha value is -1.72. The van der Waals surface area contributed by atoms with E-state index in [2.05, 4.69) is 15.9 Å². The Morgan fingerprint density at radius 1 is 1.21 bits per heavy atom. The van der Waals surface area contributed by atoms with Gasteiger partial charge in [-0.05, 0) is 52.3 Å². The molecule has 0 spiro atoms. The summed E-state index contributed by atoms with van der Waals surface area (Å²) in [5, 5.41) is 9.42. The third kappa shape index (κ3) is 3.19. The van der Waals surface area contributed by atoms with Gasteiger partial charge in [-0.3, -0.25) is 0 Å². The lowest BCUT2D eigenvalue weighted by atomic mass is 10.2. The van der Waals surface area contributed by atoms with Gasteiger partial charge in [0.15, 0.2) is 0 Å². The van der Waals surface area contributed by atoms with Gasteiger partial charge in [-0.25, -0.2) is 4.79 Å². The number of carboxylic acid groups (broad SMARTS) is 1. The lowest BCUT2D eigenvalue weighted by Crippen LogP contribution is -1.99. The zero-order chi connectivity index (χ0) is 14.0. The van der Waals surface area contributed by atoms with Crippen molar-refractivity contribution in [1.82, 2.24) is 0 Å². The molecular weight excluding hydrogens is 334 g/mol. The smallest absolute Gasteiger partial charge is 0.335 e. The molecule has 0 atom stereocenters. The fraction of sp³-hybridized carbons (Fsp3) is 0. The van der Waals surface area contributed by atoms with E-state index in [1.54, 1.807) is 18.2 Å². The minimum absolute atomic E-state index is 0.111. The summed E-state index contributed by atoms with van der Waals surface area (Å²) < 4.78 is 6.29. The highest BCUT2D eigenvalue weighted by Gasteiger charge is 2.09. The SMILES string of the molecule is Nc1cc(C(=O)O)ccc1Oc1ccc(Cl)cc1Br. The first-order valence-electron chi connectivity index (χ1n) is 5.23. The van der Waals surface area contributed by atoms with Crippen molar-refractivity contribution >= 4 is 39.2 Å². The Kier molecular flexibility index (Phi) is 3.97. The maximum Gasteiger partial charge on any atom is 0.335 e. The monoisotopic (exact) mass is 341 g/mol. The molecule has 2 aromatic carbocycles.